The molecule has 1 saturated heterocycles. The summed E-state index contributed by atoms with van der Waals surface area (Å²) in [6.07, 6.45) is 9.23. The molecule has 1 heterocycles. The van der Waals surface area contributed by atoms with Crippen LogP contribution in [0.2, 0.25) is 0 Å². The van der Waals surface area contributed by atoms with Crippen LogP contribution in [0, 0.1) is 5.41 Å². The molecule has 20 heavy (non-hydrogen) atoms. The highest BCUT2D eigenvalue weighted by Gasteiger charge is 2.33. The second-order valence-electron chi connectivity index (χ2n) is 6.84. The molecule has 4 nitrogen and oxygen atoms in total. The summed E-state index contributed by atoms with van der Waals surface area (Å²) in [4.78, 5) is 14.7. The van der Waals surface area contributed by atoms with Gasteiger partial charge >= 0.3 is 0 Å². The molecule has 1 aliphatic heterocycles. The maximum absolute atomic E-state index is 12.2. The van der Waals surface area contributed by atoms with Gasteiger partial charge in [0, 0.05) is 19.0 Å². The number of rotatable bonds is 6. The molecule has 0 aromatic carbocycles. The third-order valence-electron chi connectivity index (χ3n) is 5.24. The van der Waals surface area contributed by atoms with Gasteiger partial charge in [-0.15, -0.1) is 0 Å². The summed E-state index contributed by atoms with van der Waals surface area (Å²) >= 11 is 0. The lowest BCUT2D eigenvalue weighted by Gasteiger charge is -2.36. The van der Waals surface area contributed by atoms with E-state index in [-0.39, 0.29) is 11.3 Å². The number of nitrogens with two attached hydrogens (primary N) is 1. The van der Waals surface area contributed by atoms with Gasteiger partial charge in [-0.25, -0.2) is 0 Å². The molecule has 1 atom stereocenters. The van der Waals surface area contributed by atoms with Crippen molar-refractivity contribution < 1.29 is 4.79 Å². The molecule has 0 radical (unpaired) electrons. The molecule has 1 unspecified atom stereocenters. The predicted octanol–water partition coefficient (Wildman–Crippen LogP) is 1.89. The number of likely N-dealkylation sites (tertiary alicyclic amines) is 1. The van der Waals surface area contributed by atoms with Crippen LogP contribution in [0.3, 0.4) is 0 Å². The van der Waals surface area contributed by atoms with Crippen molar-refractivity contribution in [3.63, 3.8) is 0 Å². The van der Waals surface area contributed by atoms with Crippen LogP contribution in [0.4, 0.5) is 0 Å². The molecule has 1 amide bonds. The van der Waals surface area contributed by atoms with Gasteiger partial charge in [-0.1, -0.05) is 19.3 Å². The van der Waals surface area contributed by atoms with E-state index >= 15 is 0 Å². The van der Waals surface area contributed by atoms with Gasteiger partial charge < -0.3 is 11.1 Å². The zero-order valence-corrected chi connectivity index (χ0v) is 13.0. The van der Waals surface area contributed by atoms with Crippen LogP contribution < -0.4 is 11.1 Å². The van der Waals surface area contributed by atoms with Gasteiger partial charge in [-0.3, -0.25) is 9.69 Å². The second-order valence-corrected chi connectivity index (χ2v) is 6.84. The molecule has 0 bridgehead atoms. The Morgan fingerprint density at radius 2 is 1.85 bits per heavy atom. The van der Waals surface area contributed by atoms with Crippen LogP contribution in [-0.2, 0) is 4.79 Å². The van der Waals surface area contributed by atoms with Crippen LogP contribution in [0.5, 0.6) is 0 Å². The van der Waals surface area contributed by atoms with Gasteiger partial charge in [-0.2, -0.15) is 0 Å². The predicted molar refractivity (Wildman–Crippen MR) is 82.5 cm³/mol. The lowest BCUT2D eigenvalue weighted by molar-refractivity contribution is -0.124. The molecule has 2 fully saturated rings. The Morgan fingerprint density at radius 1 is 1.20 bits per heavy atom. The number of carbonyl (C=O) groups is 1. The van der Waals surface area contributed by atoms with Gasteiger partial charge in [0.25, 0.3) is 0 Å². The summed E-state index contributed by atoms with van der Waals surface area (Å²) in [7, 11) is 0. The quantitative estimate of drug-likeness (QED) is 0.781. The maximum Gasteiger partial charge on any atom is 0.220 e. The minimum Gasteiger partial charge on any atom is -0.355 e. The minimum absolute atomic E-state index is 0.0826. The summed E-state index contributed by atoms with van der Waals surface area (Å²) < 4.78 is 0. The highest BCUT2D eigenvalue weighted by molar-refractivity contribution is 5.76. The largest absolute Gasteiger partial charge is 0.355 e. The van der Waals surface area contributed by atoms with Crippen molar-refractivity contribution in [1.82, 2.24) is 10.2 Å². The Labute approximate surface area is 123 Å². The van der Waals surface area contributed by atoms with Crippen molar-refractivity contribution in [3.05, 3.63) is 0 Å². The molecule has 116 valence electrons. The van der Waals surface area contributed by atoms with E-state index in [2.05, 4.69) is 17.1 Å². The summed E-state index contributed by atoms with van der Waals surface area (Å²) in [5.74, 6) is 0.198. The van der Waals surface area contributed by atoms with Crippen LogP contribution in [-0.4, -0.2) is 43.0 Å². The van der Waals surface area contributed by atoms with E-state index in [1.807, 2.05) is 0 Å². The highest BCUT2D eigenvalue weighted by Crippen LogP contribution is 2.38. The number of nitrogens with one attached hydrogen (secondary N) is 1. The monoisotopic (exact) mass is 281 g/mol. The van der Waals surface area contributed by atoms with E-state index in [1.54, 1.807) is 0 Å². The van der Waals surface area contributed by atoms with Gasteiger partial charge in [-0.05, 0) is 57.7 Å². The van der Waals surface area contributed by atoms with Gasteiger partial charge in [0.2, 0.25) is 5.91 Å². The summed E-state index contributed by atoms with van der Waals surface area (Å²) in [5.41, 5.74) is 6.04. The van der Waals surface area contributed by atoms with Crippen molar-refractivity contribution >= 4 is 5.91 Å². The molecular weight excluding hydrogens is 250 g/mol. The van der Waals surface area contributed by atoms with Gasteiger partial charge in [0.05, 0.1) is 0 Å². The normalized spacial score (nSPS) is 24.5. The number of nitrogens with zero attached hydrogens (tertiary/aromatic N) is 1. The second kappa shape index (κ2) is 7.41. The topological polar surface area (TPSA) is 58.4 Å². The first-order valence-electron chi connectivity index (χ1n) is 8.36. The molecule has 1 saturated carbocycles. The fraction of sp³-hybridized carbons (Fsp3) is 0.938. The van der Waals surface area contributed by atoms with E-state index in [0.29, 0.717) is 19.0 Å². The smallest absolute Gasteiger partial charge is 0.220 e. The Hall–Kier alpha value is -0.610. The molecule has 0 aromatic heterocycles. The molecule has 1 aliphatic carbocycles. The number of hydrogen-bond donors (Lipinski definition) is 2. The standard InChI is InChI=1S/C16H31N3O/c1-14(19-9-5-6-10-19)12-18-15(20)11-16(13-17)7-3-2-4-8-16/h14H,2-13,17H2,1H3,(H,18,20). The zero-order valence-electron chi connectivity index (χ0n) is 13.0. The third kappa shape index (κ3) is 4.19. The van der Waals surface area contributed by atoms with Crippen molar-refractivity contribution in [2.24, 2.45) is 11.1 Å². The van der Waals surface area contributed by atoms with E-state index in [0.717, 1.165) is 19.4 Å². The van der Waals surface area contributed by atoms with Gasteiger partial charge in [0.1, 0.15) is 0 Å². The molecule has 2 rings (SSSR count). The minimum atomic E-state index is 0.0826. The van der Waals surface area contributed by atoms with E-state index in [4.69, 9.17) is 5.73 Å². The Bertz CT molecular complexity index is 307. The van der Waals surface area contributed by atoms with Crippen molar-refractivity contribution in [3.8, 4) is 0 Å². The van der Waals surface area contributed by atoms with Crippen molar-refractivity contribution in [2.75, 3.05) is 26.2 Å². The SMILES string of the molecule is CC(CNC(=O)CC1(CN)CCCCC1)N1CCCC1. The molecular formula is C16H31N3O. The molecule has 2 aliphatic rings. The van der Waals surface area contributed by atoms with Crippen LogP contribution >= 0.6 is 0 Å². The molecule has 0 aromatic rings. The first-order chi connectivity index (χ1) is 9.65. The Balaban J connectivity index is 1.73. The number of carbonyl (C=O) groups excluding carboxylic acids is 1. The average Bonchev–Trinajstić information content (AvgIpc) is 3.00. The third-order valence-corrected chi connectivity index (χ3v) is 5.24. The van der Waals surface area contributed by atoms with Crippen molar-refractivity contribution in [1.29, 1.82) is 0 Å². The Kier molecular flexibility index (Phi) is 5.85. The first kappa shape index (κ1) is 15.8. The zero-order chi connectivity index (χ0) is 14.4. The van der Waals surface area contributed by atoms with E-state index in [1.165, 1.54) is 45.2 Å². The van der Waals surface area contributed by atoms with E-state index in [9.17, 15) is 4.79 Å². The van der Waals surface area contributed by atoms with Gasteiger partial charge in [0.15, 0.2) is 0 Å². The lowest BCUT2D eigenvalue weighted by Crippen LogP contribution is -2.43. The molecule has 4 heteroatoms. The van der Waals surface area contributed by atoms with Crippen molar-refractivity contribution in [2.45, 2.75) is 64.3 Å². The van der Waals surface area contributed by atoms with Crippen LogP contribution in [0.15, 0.2) is 0 Å². The molecule has 3 N–H and O–H groups in total. The molecule has 0 spiro atoms. The maximum atomic E-state index is 12.2. The summed E-state index contributed by atoms with van der Waals surface area (Å²) in [5, 5.41) is 3.13. The number of amides is 1. The van der Waals surface area contributed by atoms with E-state index < -0.39 is 0 Å². The highest BCUT2D eigenvalue weighted by atomic mass is 16.1. The first-order valence-corrected chi connectivity index (χ1v) is 8.36. The Morgan fingerprint density at radius 3 is 2.45 bits per heavy atom. The fourth-order valence-corrected chi connectivity index (χ4v) is 3.73. The lowest BCUT2D eigenvalue weighted by atomic mass is 9.71. The summed E-state index contributed by atoms with van der Waals surface area (Å²) in [6.45, 7) is 6.01. The summed E-state index contributed by atoms with van der Waals surface area (Å²) in [6, 6.07) is 0.460. The van der Waals surface area contributed by atoms with Crippen LogP contribution in [0.25, 0.3) is 0 Å². The van der Waals surface area contributed by atoms with Crippen LogP contribution in [0.1, 0.15) is 58.3 Å². The fourth-order valence-electron chi connectivity index (χ4n) is 3.73. The average molecular weight is 281 g/mol. The number of hydrogen-bond acceptors (Lipinski definition) is 3.